The predicted octanol–water partition coefficient (Wildman–Crippen LogP) is 0.241. The first kappa shape index (κ1) is 12.4. The largest absolute Gasteiger partial charge is 0.455 e. The third kappa shape index (κ3) is 3.15. The fraction of sp³-hybridized carbons (Fsp3) is 0.900. The molecule has 0 aliphatic carbocycles. The van der Waals surface area contributed by atoms with Gasteiger partial charge in [0.2, 0.25) is 0 Å². The van der Waals surface area contributed by atoms with Gasteiger partial charge in [-0.25, -0.2) is 0 Å². The summed E-state index contributed by atoms with van der Waals surface area (Å²) >= 11 is 0. The van der Waals surface area contributed by atoms with Gasteiger partial charge in [0.05, 0.1) is 12.6 Å². The molecule has 88 valence electrons. The van der Waals surface area contributed by atoms with Crippen molar-refractivity contribution < 1.29 is 19.0 Å². The molecule has 15 heavy (non-hydrogen) atoms. The lowest BCUT2D eigenvalue weighted by molar-refractivity contribution is -0.231. The average molecular weight is 217 g/mol. The second kappa shape index (κ2) is 5.44. The van der Waals surface area contributed by atoms with Gasteiger partial charge in [0.25, 0.3) is 0 Å². The lowest BCUT2D eigenvalue weighted by atomic mass is 10.0. The number of rotatable bonds is 3. The van der Waals surface area contributed by atoms with Crippen molar-refractivity contribution in [3.8, 4) is 0 Å². The fourth-order valence-corrected chi connectivity index (χ4v) is 1.83. The number of ether oxygens (including phenoxy) is 3. The highest BCUT2D eigenvalue weighted by molar-refractivity contribution is 5.66. The molecule has 0 spiro atoms. The van der Waals surface area contributed by atoms with Crippen LogP contribution in [-0.4, -0.2) is 57.1 Å². The van der Waals surface area contributed by atoms with Crippen molar-refractivity contribution in [1.29, 1.82) is 0 Å². The molecule has 5 nitrogen and oxygen atoms in total. The molecule has 0 bridgehead atoms. The molecule has 5 heteroatoms. The van der Waals surface area contributed by atoms with Crippen LogP contribution in [0.15, 0.2) is 0 Å². The minimum Gasteiger partial charge on any atom is -0.455 e. The molecule has 1 aliphatic rings. The summed E-state index contributed by atoms with van der Waals surface area (Å²) in [7, 11) is 5.47. The van der Waals surface area contributed by atoms with Gasteiger partial charge in [-0.15, -0.1) is 0 Å². The van der Waals surface area contributed by atoms with Crippen LogP contribution in [0.3, 0.4) is 0 Å². The Hall–Kier alpha value is -0.650. The van der Waals surface area contributed by atoms with Gasteiger partial charge in [-0.05, 0) is 20.5 Å². The maximum Gasteiger partial charge on any atom is 0.303 e. The van der Waals surface area contributed by atoms with E-state index in [0.717, 1.165) is 6.42 Å². The molecular weight excluding hydrogens is 198 g/mol. The molecule has 3 atom stereocenters. The molecule has 1 saturated heterocycles. The van der Waals surface area contributed by atoms with E-state index in [0.29, 0.717) is 6.61 Å². The van der Waals surface area contributed by atoms with E-state index in [1.807, 2.05) is 19.0 Å². The zero-order chi connectivity index (χ0) is 11.4. The summed E-state index contributed by atoms with van der Waals surface area (Å²) in [4.78, 5) is 13.0. The summed E-state index contributed by atoms with van der Waals surface area (Å²) in [6.07, 6.45) is 0.0245. The molecule has 0 aromatic heterocycles. The SMILES string of the molecule is CO[C@H]1OCC[C@H](N(C)C)[C@H]1OC(C)=O. The van der Waals surface area contributed by atoms with E-state index in [1.54, 1.807) is 7.11 Å². The molecule has 0 amide bonds. The molecule has 1 rings (SSSR count). The topological polar surface area (TPSA) is 48.0 Å². The highest BCUT2D eigenvalue weighted by atomic mass is 16.7. The number of esters is 1. The van der Waals surface area contributed by atoms with Crippen molar-refractivity contribution in [1.82, 2.24) is 4.90 Å². The van der Waals surface area contributed by atoms with Crippen molar-refractivity contribution in [3.05, 3.63) is 0 Å². The van der Waals surface area contributed by atoms with E-state index in [9.17, 15) is 4.79 Å². The molecule has 0 unspecified atom stereocenters. The average Bonchev–Trinajstić information content (AvgIpc) is 2.16. The maximum atomic E-state index is 11.0. The minimum absolute atomic E-state index is 0.146. The van der Waals surface area contributed by atoms with Crippen LogP contribution in [0.1, 0.15) is 13.3 Å². The van der Waals surface area contributed by atoms with Crippen molar-refractivity contribution in [2.45, 2.75) is 31.8 Å². The number of hydrogen-bond acceptors (Lipinski definition) is 5. The van der Waals surface area contributed by atoms with Gasteiger partial charge in [0.15, 0.2) is 12.4 Å². The van der Waals surface area contributed by atoms with Gasteiger partial charge in [0.1, 0.15) is 0 Å². The Morgan fingerprint density at radius 3 is 2.60 bits per heavy atom. The number of carbonyl (C=O) groups is 1. The number of methoxy groups -OCH3 is 1. The Morgan fingerprint density at radius 1 is 1.47 bits per heavy atom. The summed E-state index contributed by atoms with van der Waals surface area (Å²) in [5.41, 5.74) is 0. The molecule has 0 saturated carbocycles. The Balaban J connectivity index is 2.71. The van der Waals surface area contributed by atoms with Crippen LogP contribution < -0.4 is 0 Å². The first-order valence-corrected chi connectivity index (χ1v) is 5.04. The van der Waals surface area contributed by atoms with E-state index in [4.69, 9.17) is 14.2 Å². The van der Waals surface area contributed by atoms with Gasteiger partial charge >= 0.3 is 5.97 Å². The van der Waals surface area contributed by atoms with E-state index in [1.165, 1.54) is 6.92 Å². The summed E-state index contributed by atoms with van der Waals surface area (Å²) < 4.78 is 15.8. The highest BCUT2D eigenvalue weighted by Gasteiger charge is 2.38. The van der Waals surface area contributed by atoms with Gasteiger partial charge < -0.3 is 19.1 Å². The molecule has 0 N–H and O–H groups in total. The zero-order valence-corrected chi connectivity index (χ0v) is 9.73. The highest BCUT2D eigenvalue weighted by Crippen LogP contribution is 2.21. The smallest absolute Gasteiger partial charge is 0.303 e. The monoisotopic (exact) mass is 217 g/mol. The van der Waals surface area contributed by atoms with Gasteiger partial charge in [-0.2, -0.15) is 0 Å². The summed E-state index contributed by atoms with van der Waals surface area (Å²) in [6, 6.07) is 0.146. The van der Waals surface area contributed by atoms with Gasteiger partial charge in [-0.3, -0.25) is 4.79 Å². The minimum atomic E-state index is -0.463. The number of nitrogens with zero attached hydrogens (tertiary/aromatic N) is 1. The van der Waals surface area contributed by atoms with Gasteiger partial charge in [-0.1, -0.05) is 0 Å². The Kier molecular flexibility index (Phi) is 4.50. The second-order valence-electron chi connectivity index (χ2n) is 3.87. The Morgan fingerprint density at radius 2 is 2.13 bits per heavy atom. The summed E-state index contributed by atoms with van der Waals surface area (Å²) in [5, 5.41) is 0. The van der Waals surface area contributed by atoms with Crippen molar-refractivity contribution >= 4 is 5.97 Å². The summed E-state index contributed by atoms with van der Waals surface area (Å²) in [6.45, 7) is 2.02. The van der Waals surface area contributed by atoms with E-state index < -0.39 is 6.29 Å². The van der Waals surface area contributed by atoms with Crippen LogP contribution in [0.25, 0.3) is 0 Å². The number of likely N-dealkylation sites (N-methyl/N-ethyl adjacent to an activating group) is 1. The number of hydrogen-bond donors (Lipinski definition) is 0. The second-order valence-corrected chi connectivity index (χ2v) is 3.87. The molecule has 1 fully saturated rings. The zero-order valence-electron chi connectivity index (χ0n) is 9.73. The van der Waals surface area contributed by atoms with Crippen LogP contribution in [0, 0.1) is 0 Å². The van der Waals surface area contributed by atoms with Crippen LogP contribution in [0.5, 0.6) is 0 Å². The standard InChI is InChI=1S/C10H19NO4/c1-7(12)15-9-8(11(2)3)5-6-14-10(9)13-4/h8-10H,5-6H2,1-4H3/t8-,9+,10-/m0/s1. The number of carbonyl (C=O) groups excluding carboxylic acids is 1. The van der Waals surface area contributed by atoms with Crippen LogP contribution in [-0.2, 0) is 19.0 Å². The lowest BCUT2D eigenvalue weighted by Gasteiger charge is -2.39. The maximum absolute atomic E-state index is 11.0. The Bertz CT molecular complexity index is 219. The van der Waals surface area contributed by atoms with Gasteiger partial charge in [0, 0.05) is 14.0 Å². The van der Waals surface area contributed by atoms with Crippen molar-refractivity contribution in [2.75, 3.05) is 27.8 Å². The third-order valence-electron chi connectivity index (χ3n) is 2.54. The normalized spacial score (nSPS) is 31.7. The van der Waals surface area contributed by atoms with Crippen LogP contribution >= 0.6 is 0 Å². The van der Waals surface area contributed by atoms with Crippen molar-refractivity contribution in [2.24, 2.45) is 0 Å². The van der Waals surface area contributed by atoms with Crippen molar-refractivity contribution in [3.63, 3.8) is 0 Å². The predicted molar refractivity (Wildman–Crippen MR) is 54.4 cm³/mol. The molecule has 1 aliphatic heterocycles. The van der Waals surface area contributed by atoms with E-state index >= 15 is 0 Å². The molecule has 1 heterocycles. The first-order valence-electron chi connectivity index (χ1n) is 5.04. The van der Waals surface area contributed by atoms with E-state index in [2.05, 4.69) is 0 Å². The molecule has 0 aromatic rings. The van der Waals surface area contributed by atoms with Crippen LogP contribution in [0.2, 0.25) is 0 Å². The molecule has 0 radical (unpaired) electrons. The molecular formula is C10H19NO4. The third-order valence-corrected chi connectivity index (χ3v) is 2.54. The quantitative estimate of drug-likeness (QED) is 0.634. The fourth-order valence-electron chi connectivity index (χ4n) is 1.83. The Labute approximate surface area is 90.3 Å². The summed E-state index contributed by atoms with van der Waals surface area (Å²) in [5.74, 6) is -0.306. The lowest BCUT2D eigenvalue weighted by Crippen LogP contribution is -2.53. The van der Waals surface area contributed by atoms with Crippen LogP contribution in [0.4, 0.5) is 0 Å². The molecule has 0 aromatic carbocycles. The van der Waals surface area contributed by atoms with E-state index in [-0.39, 0.29) is 18.1 Å². The first-order chi connectivity index (χ1) is 7.06.